The number of ether oxygens (including phenoxy) is 2. The summed E-state index contributed by atoms with van der Waals surface area (Å²) in [5.74, 6) is 0.834. The van der Waals surface area contributed by atoms with Crippen LogP contribution in [0.4, 0.5) is 0 Å². The van der Waals surface area contributed by atoms with Crippen molar-refractivity contribution >= 4 is 5.96 Å². The van der Waals surface area contributed by atoms with Crippen LogP contribution < -0.4 is 10.6 Å². The highest BCUT2D eigenvalue weighted by Gasteiger charge is 2.02. The maximum Gasteiger partial charge on any atom is 0.191 e. The number of hydrogen-bond donors (Lipinski definition) is 2. The number of hydrogen-bond acceptors (Lipinski definition) is 3. The molecular weight excluding hydrogens is 266 g/mol. The van der Waals surface area contributed by atoms with Crippen LogP contribution in [0.1, 0.15) is 24.5 Å². The highest BCUT2D eigenvalue weighted by Crippen LogP contribution is 2.11. The fourth-order valence-electron chi connectivity index (χ4n) is 1.94. The van der Waals surface area contributed by atoms with Crippen molar-refractivity contribution in [3.8, 4) is 0 Å². The van der Waals surface area contributed by atoms with E-state index in [0.29, 0.717) is 13.2 Å². The highest BCUT2D eigenvalue weighted by molar-refractivity contribution is 5.79. The minimum absolute atomic E-state index is 0.615. The van der Waals surface area contributed by atoms with Gasteiger partial charge < -0.3 is 20.1 Å². The summed E-state index contributed by atoms with van der Waals surface area (Å²) in [6.07, 6.45) is 0.959. The lowest BCUT2D eigenvalue weighted by Gasteiger charge is -2.12. The van der Waals surface area contributed by atoms with Crippen LogP contribution in [0.2, 0.25) is 0 Å². The minimum Gasteiger partial charge on any atom is -0.385 e. The molecule has 0 saturated heterocycles. The van der Waals surface area contributed by atoms with Crippen molar-refractivity contribution in [3.63, 3.8) is 0 Å². The topological polar surface area (TPSA) is 54.9 Å². The predicted octanol–water partition coefficient (Wildman–Crippen LogP) is 1.92. The van der Waals surface area contributed by atoms with E-state index in [1.807, 2.05) is 12.1 Å². The summed E-state index contributed by atoms with van der Waals surface area (Å²) < 4.78 is 10.3. The SMILES string of the molecule is CCNC(=NCc1ccccc1COC)NCCCOC. The molecule has 0 bridgehead atoms. The van der Waals surface area contributed by atoms with E-state index in [-0.39, 0.29) is 0 Å². The summed E-state index contributed by atoms with van der Waals surface area (Å²) in [7, 11) is 3.42. The maximum atomic E-state index is 5.22. The molecule has 0 spiro atoms. The van der Waals surface area contributed by atoms with Crippen LogP contribution in [0.5, 0.6) is 0 Å². The number of guanidine groups is 1. The lowest BCUT2D eigenvalue weighted by atomic mass is 10.1. The van der Waals surface area contributed by atoms with Gasteiger partial charge in [-0.25, -0.2) is 4.99 Å². The Balaban J connectivity index is 2.60. The van der Waals surface area contributed by atoms with E-state index in [9.17, 15) is 0 Å². The Morgan fingerprint density at radius 1 is 1.10 bits per heavy atom. The van der Waals surface area contributed by atoms with Crippen molar-refractivity contribution in [2.45, 2.75) is 26.5 Å². The zero-order valence-electron chi connectivity index (χ0n) is 13.3. The van der Waals surface area contributed by atoms with E-state index in [1.54, 1.807) is 14.2 Å². The molecule has 5 nitrogen and oxygen atoms in total. The molecule has 0 saturated carbocycles. The van der Waals surface area contributed by atoms with E-state index in [4.69, 9.17) is 9.47 Å². The highest BCUT2D eigenvalue weighted by atomic mass is 16.5. The maximum absolute atomic E-state index is 5.22. The van der Waals surface area contributed by atoms with E-state index in [1.165, 1.54) is 11.1 Å². The quantitative estimate of drug-likeness (QED) is 0.415. The summed E-state index contributed by atoms with van der Waals surface area (Å²) in [6, 6.07) is 8.22. The van der Waals surface area contributed by atoms with E-state index in [2.05, 4.69) is 34.7 Å². The lowest BCUT2D eigenvalue weighted by molar-refractivity contribution is 0.184. The molecule has 0 unspecified atom stereocenters. The fraction of sp³-hybridized carbons (Fsp3) is 0.562. The number of rotatable bonds is 9. The first kappa shape index (κ1) is 17.5. The Labute approximate surface area is 127 Å². The molecule has 0 atom stereocenters. The van der Waals surface area contributed by atoms with E-state index >= 15 is 0 Å². The Hall–Kier alpha value is -1.59. The van der Waals surface area contributed by atoms with Crippen LogP contribution in [0.15, 0.2) is 29.3 Å². The molecule has 0 fully saturated rings. The molecule has 0 amide bonds. The number of methoxy groups -OCH3 is 2. The first-order valence-corrected chi connectivity index (χ1v) is 7.38. The Bertz CT molecular complexity index is 422. The van der Waals surface area contributed by atoms with Gasteiger partial charge in [-0.05, 0) is 24.5 Å². The molecule has 0 aliphatic rings. The average molecular weight is 293 g/mol. The molecule has 21 heavy (non-hydrogen) atoms. The largest absolute Gasteiger partial charge is 0.385 e. The van der Waals surface area contributed by atoms with Crippen LogP contribution in [0.3, 0.4) is 0 Å². The molecular formula is C16H27N3O2. The van der Waals surface area contributed by atoms with Crippen LogP contribution in [-0.4, -0.2) is 39.9 Å². The second-order valence-electron chi connectivity index (χ2n) is 4.67. The first-order valence-electron chi connectivity index (χ1n) is 7.38. The number of benzene rings is 1. The van der Waals surface area contributed by atoms with Gasteiger partial charge in [0.15, 0.2) is 5.96 Å². The molecule has 1 rings (SSSR count). The smallest absolute Gasteiger partial charge is 0.191 e. The molecule has 0 aliphatic carbocycles. The average Bonchev–Trinajstić information content (AvgIpc) is 2.50. The van der Waals surface area contributed by atoms with Gasteiger partial charge in [0.2, 0.25) is 0 Å². The van der Waals surface area contributed by atoms with Crippen LogP contribution in [0, 0.1) is 0 Å². The molecule has 2 N–H and O–H groups in total. The van der Waals surface area contributed by atoms with E-state index < -0.39 is 0 Å². The van der Waals surface area contributed by atoms with Crippen molar-refractivity contribution in [2.24, 2.45) is 4.99 Å². The van der Waals surface area contributed by atoms with Gasteiger partial charge in [-0.2, -0.15) is 0 Å². The van der Waals surface area contributed by atoms with Crippen molar-refractivity contribution in [2.75, 3.05) is 33.9 Å². The summed E-state index contributed by atoms with van der Waals surface area (Å²) in [5, 5.41) is 6.55. The summed E-state index contributed by atoms with van der Waals surface area (Å²) in [5.41, 5.74) is 2.37. The van der Waals surface area contributed by atoms with Crippen LogP contribution in [-0.2, 0) is 22.6 Å². The standard InChI is InChI=1S/C16H27N3O2/c1-4-17-16(18-10-7-11-20-2)19-12-14-8-5-6-9-15(14)13-21-3/h5-6,8-9H,4,7,10-13H2,1-3H3,(H2,17,18,19). The number of nitrogens with zero attached hydrogens (tertiary/aromatic N) is 1. The number of aliphatic imine (C=N–C) groups is 1. The third kappa shape index (κ3) is 7.11. The van der Waals surface area contributed by atoms with Gasteiger partial charge in [-0.15, -0.1) is 0 Å². The van der Waals surface area contributed by atoms with Gasteiger partial charge in [-0.1, -0.05) is 24.3 Å². The van der Waals surface area contributed by atoms with Crippen molar-refractivity contribution in [3.05, 3.63) is 35.4 Å². The zero-order chi connectivity index (χ0) is 15.3. The molecule has 5 heteroatoms. The van der Waals surface area contributed by atoms with Crippen molar-refractivity contribution in [1.29, 1.82) is 0 Å². The fourth-order valence-corrected chi connectivity index (χ4v) is 1.94. The Kier molecular flexibility index (Phi) is 9.24. The van der Waals surface area contributed by atoms with E-state index in [0.717, 1.165) is 32.1 Å². The van der Waals surface area contributed by atoms with Crippen molar-refractivity contribution < 1.29 is 9.47 Å². The summed E-state index contributed by atoms with van der Waals surface area (Å²) in [6.45, 7) is 5.76. The lowest BCUT2D eigenvalue weighted by Crippen LogP contribution is -2.38. The molecule has 0 aromatic heterocycles. The minimum atomic E-state index is 0.615. The zero-order valence-corrected chi connectivity index (χ0v) is 13.3. The molecule has 1 aromatic carbocycles. The van der Waals surface area contributed by atoms with Gasteiger partial charge in [0.25, 0.3) is 0 Å². The van der Waals surface area contributed by atoms with Gasteiger partial charge in [0, 0.05) is 33.9 Å². The molecule has 0 radical (unpaired) electrons. The second kappa shape index (κ2) is 11.1. The number of nitrogens with one attached hydrogen (secondary N) is 2. The molecule has 1 aromatic rings. The summed E-state index contributed by atoms with van der Waals surface area (Å²) >= 11 is 0. The second-order valence-corrected chi connectivity index (χ2v) is 4.67. The van der Waals surface area contributed by atoms with Gasteiger partial charge in [0.05, 0.1) is 13.2 Å². The molecule has 0 heterocycles. The van der Waals surface area contributed by atoms with Crippen LogP contribution >= 0.6 is 0 Å². The van der Waals surface area contributed by atoms with Gasteiger partial charge >= 0.3 is 0 Å². The third-order valence-corrected chi connectivity index (χ3v) is 2.99. The Morgan fingerprint density at radius 3 is 2.52 bits per heavy atom. The molecule has 118 valence electrons. The molecule has 0 aliphatic heterocycles. The van der Waals surface area contributed by atoms with Crippen molar-refractivity contribution in [1.82, 2.24) is 10.6 Å². The Morgan fingerprint density at radius 2 is 1.86 bits per heavy atom. The normalized spacial score (nSPS) is 11.5. The van der Waals surface area contributed by atoms with Crippen LogP contribution in [0.25, 0.3) is 0 Å². The van der Waals surface area contributed by atoms with Gasteiger partial charge in [-0.3, -0.25) is 0 Å². The third-order valence-electron chi connectivity index (χ3n) is 2.99. The predicted molar refractivity (Wildman–Crippen MR) is 86.5 cm³/mol. The van der Waals surface area contributed by atoms with Gasteiger partial charge in [0.1, 0.15) is 0 Å². The monoisotopic (exact) mass is 293 g/mol. The first-order chi connectivity index (χ1) is 10.3. The summed E-state index contributed by atoms with van der Waals surface area (Å²) in [4.78, 5) is 4.62.